The molecule has 0 radical (unpaired) electrons. The van der Waals surface area contributed by atoms with Crippen molar-refractivity contribution in [2.45, 2.75) is 0 Å². The van der Waals surface area contributed by atoms with Gasteiger partial charge in [-0.2, -0.15) is 0 Å². The fraction of sp³-hybridized carbons (Fsp3) is 0. The summed E-state index contributed by atoms with van der Waals surface area (Å²) in [6.45, 7) is 0. The van der Waals surface area contributed by atoms with E-state index in [0.717, 1.165) is 0 Å². The number of halogens is 3. The number of hydrogen-bond acceptors (Lipinski definition) is 0. The van der Waals surface area contributed by atoms with Crippen molar-refractivity contribution in [2.75, 3.05) is 0 Å². The maximum absolute atomic E-state index is 0. The van der Waals surface area contributed by atoms with E-state index in [1.807, 2.05) is 0 Å². The fourth-order valence-electron chi connectivity index (χ4n) is 0. The largest absolute Gasteiger partial charge is 2.00 e. The second kappa shape index (κ2) is 32.6. The van der Waals surface area contributed by atoms with Crippen LogP contribution in [0, 0.1) is 0 Å². The first-order valence-electron chi connectivity index (χ1n) is 0. The third-order valence-electron chi connectivity index (χ3n) is 0. The van der Waals surface area contributed by atoms with Gasteiger partial charge in [-0.1, -0.05) is 0 Å². The number of rotatable bonds is 0. The quantitative estimate of drug-likeness (QED) is 0.368. The van der Waals surface area contributed by atoms with Crippen LogP contribution in [0.3, 0.4) is 0 Å². The van der Waals surface area contributed by atoms with Crippen LogP contribution in [-0.2, 0) is 22.4 Å². The summed E-state index contributed by atoms with van der Waals surface area (Å²) in [7, 11) is 0. The summed E-state index contributed by atoms with van der Waals surface area (Å²) >= 11 is 0. The van der Waals surface area contributed by atoms with Crippen molar-refractivity contribution in [3.05, 3.63) is 0 Å². The van der Waals surface area contributed by atoms with E-state index in [1.54, 1.807) is 0 Å². The molecule has 0 heterocycles. The average Bonchev–Trinajstić information content (AvgIpc) is 0. The van der Waals surface area contributed by atoms with Crippen LogP contribution in [0.25, 0.3) is 0 Å². The zero-order valence-electron chi connectivity index (χ0n) is 2.14. The first kappa shape index (κ1) is 53.1. The van der Waals surface area contributed by atoms with Crippen LogP contribution in [0.5, 0.6) is 0 Å². The molecular formula is AgCl3Mg. The molecule has 0 aliphatic heterocycles. The van der Waals surface area contributed by atoms with Gasteiger partial charge in [-0.25, -0.2) is 0 Å². The van der Waals surface area contributed by atoms with Crippen LogP contribution in [0.15, 0.2) is 0 Å². The van der Waals surface area contributed by atoms with Gasteiger partial charge < -0.3 is 37.2 Å². The van der Waals surface area contributed by atoms with Crippen LogP contribution >= 0.6 is 0 Å². The van der Waals surface area contributed by atoms with Crippen molar-refractivity contribution in [3.63, 3.8) is 0 Å². The molecule has 0 rings (SSSR count). The number of hydrogen-bond donors (Lipinski definition) is 0. The van der Waals surface area contributed by atoms with Gasteiger partial charge in [0.05, 0.1) is 0 Å². The van der Waals surface area contributed by atoms with Crippen LogP contribution in [0.1, 0.15) is 0 Å². The molecule has 0 aromatic carbocycles. The van der Waals surface area contributed by atoms with Gasteiger partial charge in [0.2, 0.25) is 0 Å². The van der Waals surface area contributed by atoms with E-state index in [1.165, 1.54) is 0 Å². The van der Waals surface area contributed by atoms with Gasteiger partial charge >= 0.3 is 45.4 Å². The first-order chi connectivity index (χ1) is 0. The second-order valence-corrected chi connectivity index (χ2v) is 0. The van der Waals surface area contributed by atoms with Gasteiger partial charge in [-0.05, 0) is 0 Å². The van der Waals surface area contributed by atoms with Gasteiger partial charge in [0.25, 0.3) is 0 Å². The molecule has 0 spiro atoms. The minimum atomic E-state index is 0. The van der Waals surface area contributed by atoms with Crippen molar-refractivity contribution in [3.8, 4) is 0 Å². The molecule has 0 amide bonds. The third-order valence-corrected chi connectivity index (χ3v) is 0. The van der Waals surface area contributed by atoms with Gasteiger partial charge in [-0.3, -0.25) is 0 Å². The molecule has 0 aromatic heterocycles. The van der Waals surface area contributed by atoms with E-state index in [9.17, 15) is 0 Å². The fourth-order valence-corrected chi connectivity index (χ4v) is 0. The third kappa shape index (κ3) is 21.6. The summed E-state index contributed by atoms with van der Waals surface area (Å²) in [5.41, 5.74) is 0. The van der Waals surface area contributed by atoms with Crippen LogP contribution in [-0.4, -0.2) is 23.1 Å². The molecule has 0 aliphatic carbocycles. The Morgan fingerprint density at radius 2 is 0.600 bits per heavy atom. The summed E-state index contributed by atoms with van der Waals surface area (Å²) in [6.07, 6.45) is 0. The summed E-state index contributed by atoms with van der Waals surface area (Å²) in [5.74, 6) is 0. The molecule has 0 aromatic rings. The van der Waals surface area contributed by atoms with Crippen molar-refractivity contribution in [1.29, 1.82) is 0 Å². The smallest absolute Gasteiger partial charge is 1.00 e. The molecule has 0 atom stereocenters. The predicted octanol–water partition coefficient (Wildman–Crippen LogP) is -9.37. The summed E-state index contributed by atoms with van der Waals surface area (Å²) in [5, 5.41) is 0. The summed E-state index contributed by atoms with van der Waals surface area (Å²) in [4.78, 5) is 0. The van der Waals surface area contributed by atoms with E-state index in [-0.39, 0.29) is 82.7 Å². The second-order valence-electron chi connectivity index (χ2n) is 0. The molecular weight excluding hydrogens is 239 g/mol. The zero-order chi connectivity index (χ0) is 0. The van der Waals surface area contributed by atoms with Crippen molar-refractivity contribution in [2.24, 2.45) is 0 Å². The molecule has 0 N–H and O–H groups in total. The maximum atomic E-state index is 0. The molecule has 0 bridgehead atoms. The van der Waals surface area contributed by atoms with Gasteiger partial charge in [0.1, 0.15) is 0 Å². The van der Waals surface area contributed by atoms with Crippen molar-refractivity contribution in [1.82, 2.24) is 0 Å². The van der Waals surface area contributed by atoms with Gasteiger partial charge in [-0.15, -0.1) is 0 Å². The van der Waals surface area contributed by atoms with E-state index < -0.39 is 0 Å². The molecule has 0 aliphatic rings. The Morgan fingerprint density at radius 3 is 0.600 bits per heavy atom. The van der Waals surface area contributed by atoms with Gasteiger partial charge in [0.15, 0.2) is 0 Å². The Labute approximate surface area is 81.7 Å². The summed E-state index contributed by atoms with van der Waals surface area (Å²) in [6, 6.07) is 0. The topological polar surface area (TPSA) is 0 Å². The van der Waals surface area contributed by atoms with E-state index in [4.69, 9.17) is 0 Å². The Bertz CT molecular complexity index is 6.85. The Morgan fingerprint density at radius 1 is 0.600 bits per heavy atom. The SMILES string of the molecule is [Ag+].[Cl-].[Cl-].[Cl-].[Mg+2]. The van der Waals surface area contributed by atoms with Gasteiger partial charge in [0, 0.05) is 0 Å². The minimum Gasteiger partial charge on any atom is -1.00 e. The molecule has 0 saturated carbocycles. The summed E-state index contributed by atoms with van der Waals surface area (Å²) < 4.78 is 0. The molecule has 34 valence electrons. The van der Waals surface area contributed by atoms with Crippen LogP contribution < -0.4 is 37.2 Å². The standard InChI is InChI=1S/Ag.3ClH.Mg/h;3*1H;/q+1;;;;+2/p-3. The Balaban J connectivity index is 0. The molecule has 5 heteroatoms. The van der Waals surface area contributed by atoms with Crippen molar-refractivity contribution < 1.29 is 59.6 Å². The van der Waals surface area contributed by atoms with Crippen LogP contribution in [0.2, 0.25) is 0 Å². The molecule has 0 fully saturated rings. The van der Waals surface area contributed by atoms with Crippen molar-refractivity contribution >= 4 is 23.1 Å². The van der Waals surface area contributed by atoms with E-state index in [2.05, 4.69) is 0 Å². The molecule has 0 saturated heterocycles. The van der Waals surface area contributed by atoms with E-state index in [0.29, 0.717) is 0 Å². The molecule has 5 heavy (non-hydrogen) atoms. The minimum absolute atomic E-state index is 0. The van der Waals surface area contributed by atoms with Crippen LogP contribution in [0.4, 0.5) is 0 Å². The Kier molecular flexibility index (Phi) is 347. The molecule has 0 unspecified atom stereocenters. The average molecular weight is 239 g/mol. The Hall–Kier alpha value is 2.38. The zero-order valence-corrected chi connectivity index (χ0v) is 7.31. The normalized spacial score (nSPS) is 0. The first-order valence-corrected chi connectivity index (χ1v) is 0. The monoisotopic (exact) mass is 236 g/mol. The predicted molar refractivity (Wildman–Crippen MR) is 5.75 cm³/mol. The van der Waals surface area contributed by atoms with E-state index >= 15 is 0 Å². The molecule has 0 nitrogen and oxygen atoms in total. The maximum Gasteiger partial charge on any atom is 2.00 e.